The summed E-state index contributed by atoms with van der Waals surface area (Å²) < 4.78 is 5.06. The van der Waals surface area contributed by atoms with Crippen LogP contribution in [0.4, 0.5) is 5.13 Å². The van der Waals surface area contributed by atoms with Crippen molar-refractivity contribution in [1.29, 1.82) is 0 Å². The molecule has 100 valence electrons. The van der Waals surface area contributed by atoms with Crippen molar-refractivity contribution in [3.63, 3.8) is 0 Å². The Kier molecular flexibility index (Phi) is 4.13. The van der Waals surface area contributed by atoms with Crippen LogP contribution in [0.1, 0.15) is 29.6 Å². The van der Waals surface area contributed by atoms with Gasteiger partial charge in [-0.15, -0.1) is 10.2 Å². The topological polar surface area (TPSA) is 81.3 Å². The second-order valence-corrected chi connectivity index (χ2v) is 5.52. The molecule has 1 fully saturated rings. The van der Waals surface area contributed by atoms with Crippen molar-refractivity contribution >= 4 is 22.4 Å². The third kappa shape index (κ3) is 2.97. The van der Waals surface area contributed by atoms with Crippen molar-refractivity contribution in [2.45, 2.75) is 25.8 Å². The first-order valence-electron chi connectivity index (χ1n) is 6.02. The van der Waals surface area contributed by atoms with E-state index in [-0.39, 0.29) is 11.9 Å². The summed E-state index contributed by atoms with van der Waals surface area (Å²) in [5.74, 6) is 0.511. The van der Waals surface area contributed by atoms with Gasteiger partial charge in [0.25, 0.3) is 5.91 Å². The fourth-order valence-corrected chi connectivity index (χ4v) is 2.52. The number of hydrogen-bond donors (Lipinski definition) is 1. The number of hydrogen-bond acceptors (Lipinski definition) is 6. The first-order chi connectivity index (χ1) is 8.63. The summed E-state index contributed by atoms with van der Waals surface area (Å²) in [7, 11) is 1.63. The molecule has 1 aromatic heterocycles. The van der Waals surface area contributed by atoms with Gasteiger partial charge in [-0.2, -0.15) is 0 Å². The van der Waals surface area contributed by atoms with Gasteiger partial charge in [-0.25, -0.2) is 0 Å². The van der Waals surface area contributed by atoms with Gasteiger partial charge in [-0.3, -0.25) is 4.79 Å². The largest absolute Gasteiger partial charge is 0.383 e. The van der Waals surface area contributed by atoms with E-state index in [1.807, 2.05) is 4.90 Å². The van der Waals surface area contributed by atoms with E-state index in [1.165, 1.54) is 12.8 Å². The minimum atomic E-state index is -0.0966. The first kappa shape index (κ1) is 13.2. The standard InChI is InChI=1S/C11H18N4O2S/c1-7(8-3-4-8)15(5-6-17-2)10(16)9-13-14-11(12)18-9/h7-8H,3-6H2,1-2H3,(H2,12,14). The zero-order valence-corrected chi connectivity index (χ0v) is 11.4. The number of aromatic nitrogens is 2. The molecule has 0 spiro atoms. The summed E-state index contributed by atoms with van der Waals surface area (Å²) >= 11 is 1.13. The third-order valence-corrected chi connectivity index (χ3v) is 3.96. The zero-order chi connectivity index (χ0) is 13.1. The van der Waals surface area contributed by atoms with Gasteiger partial charge < -0.3 is 15.4 Å². The van der Waals surface area contributed by atoms with E-state index in [2.05, 4.69) is 17.1 Å². The molecule has 1 aliphatic carbocycles. The lowest BCUT2D eigenvalue weighted by atomic mass is 10.2. The number of nitrogen functional groups attached to an aromatic ring is 1. The number of nitrogens with two attached hydrogens (primary N) is 1. The van der Waals surface area contributed by atoms with Crippen molar-refractivity contribution in [1.82, 2.24) is 15.1 Å². The molecule has 1 unspecified atom stereocenters. The molecule has 1 aliphatic rings. The highest BCUT2D eigenvalue weighted by Gasteiger charge is 2.35. The molecule has 1 aromatic rings. The molecule has 0 radical (unpaired) electrons. The van der Waals surface area contributed by atoms with Gasteiger partial charge in [-0.1, -0.05) is 11.3 Å². The highest BCUT2D eigenvalue weighted by atomic mass is 32.1. The van der Waals surface area contributed by atoms with Gasteiger partial charge in [0.2, 0.25) is 10.1 Å². The van der Waals surface area contributed by atoms with E-state index in [4.69, 9.17) is 10.5 Å². The van der Waals surface area contributed by atoms with Crippen molar-refractivity contribution < 1.29 is 9.53 Å². The lowest BCUT2D eigenvalue weighted by Gasteiger charge is -2.28. The Hall–Kier alpha value is -1.21. The third-order valence-electron chi connectivity index (χ3n) is 3.22. The normalized spacial score (nSPS) is 16.6. The highest BCUT2D eigenvalue weighted by Crippen LogP contribution is 2.35. The molecular weight excluding hydrogens is 252 g/mol. The van der Waals surface area contributed by atoms with Crippen LogP contribution in [0, 0.1) is 5.92 Å². The Morgan fingerprint density at radius 1 is 1.61 bits per heavy atom. The summed E-state index contributed by atoms with van der Waals surface area (Å²) in [6.45, 7) is 3.18. The van der Waals surface area contributed by atoms with E-state index in [0.717, 1.165) is 11.3 Å². The maximum atomic E-state index is 12.4. The number of rotatable bonds is 6. The Balaban J connectivity index is 2.09. The summed E-state index contributed by atoms with van der Waals surface area (Å²) in [5, 5.41) is 8.19. The molecule has 1 heterocycles. The van der Waals surface area contributed by atoms with Crippen LogP contribution in [0.2, 0.25) is 0 Å². The molecule has 18 heavy (non-hydrogen) atoms. The number of carbonyl (C=O) groups excluding carboxylic acids is 1. The molecule has 0 bridgehead atoms. The van der Waals surface area contributed by atoms with Crippen LogP contribution >= 0.6 is 11.3 Å². The maximum Gasteiger partial charge on any atom is 0.285 e. The molecule has 0 saturated heterocycles. The fraction of sp³-hybridized carbons (Fsp3) is 0.727. The number of carbonyl (C=O) groups is 1. The molecule has 0 aliphatic heterocycles. The van der Waals surface area contributed by atoms with Crippen molar-refractivity contribution in [3.8, 4) is 0 Å². The van der Waals surface area contributed by atoms with Crippen molar-refractivity contribution in [2.24, 2.45) is 5.92 Å². The zero-order valence-electron chi connectivity index (χ0n) is 10.6. The van der Waals surface area contributed by atoms with Gasteiger partial charge in [0.15, 0.2) is 0 Å². The van der Waals surface area contributed by atoms with Crippen LogP contribution in [0.3, 0.4) is 0 Å². The van der Waals surface area contributed by atoms with Gasteiger partial charge in [0.05, 0.1) is 6.61 Å². The molecule has 2 N–H and O–H groups in total. The van der Waals surface area contributed by atoms with Gasteiger partial charge in [-0.05, 0) is 25.7 Å². The van der Waals surface area contributed by atoms with Crippen LogP contribution in [-0.2, 0) is 4.74 Å². The predicted octanol–water partition coefficient (Wildman–Crippen LogP) is 1.01. The van der Waals surface area contributed by atoms with Gasteiger partial charge in [0.1, 0.15) is 0 Å². The fourth-order valence-electron chi connectivity index (χ4n) is 1.96. The molecule has 6 nitrogen and oxygen atoms in total. The number of nitrogens with zero attached hydrogens (tertiary/aromatic N) is 3. The average molecular weight is 270 g/mol. The Labute approximate surface area is 110 Å². The van der Waals surface area contributed by atoms with E-state index < -0.39 is 0 Å². The van der Waals surface area contributed by atoms with E-state index in [0.29, 0.717) is 29.2 Å². The van der Waals surface area contributed by atoms with Crippen LogP contribution in [0.5, 0.6) is 0 Å². The molecule has 1 saturated carbocycles. The summed E-state index contributed by atoms with van der Waals surface area (Å²) in [5.41, 5.74) is 5.51. The monoisotopic (exact) mass is 270 g/mol. The minimum absolute atomic E-state index is 0.0966. The Morgan fingerprint density at radius 2 is 2.33 bits per heavy atom. The van der Waals surface area contributed by atoms with E-state index in [1.54, 1.807) is 7.11 Å². The SMILES string of the molecule is COCCN(C(=O)c1nnc(N)s1)C(C)C1CC1. The smallest absolute Gasteiger partial charge is 0.285 e. The lowest BCUT2D eigenvalue weighted by Crippen LogP contribution is -2.42. The Bertz CT molecular complexity index is 419. The summed E-state index contributed by atoms with van der Waals surface area (Å²) in [6, 6.07) is 0.220. The minimum Gasteiger partial charge on any atom is -0.383 e. The number of amides is 1. The van der Waals surface area contributed by atoms with Crippen LogP contribution in [0.15, 0.2) is 0 Å². The summed E-state index contributed by atoms with van der Waals surface area (Å²) in [4.78, 5) is 14.2. The Morgan fingerprint density at radius 3 is 2.83 bits per heavy atom. The van der Waals surface area contributed by atoms with Crippen LogP contribution in [0.25, 0.3) is 0 Å². The molecule has 1 atom stereocenters. The van der Waals surface area contributed by atoms with Crippen molar-refractivity contribution in [3.05, 3.63) is 5.01 Å². The van der Waals surface area contributed by atoms with E-state index in [9.17, 15) is 4.79 Å². The number of anilines is 1. The molecule has 1 amide bonds. The predicted molar refractivity (Wildman–Crippen MR) is 69.4 cm³/mol. The second kappa shape index (κ2) is 5.62. The number of ether oxygens (including phenoxy) is 1. The second-order valence-electron chi connectivity index (χ2n) is 4.51. The quantitative estimate of drug-likeness (QED) is 0.834. The maximum absolute atomic E-state index is 12.4. The molecule has 2 rings (SSSR count). The molecule has 0 aromatic carbocycles. The van der Waals surface area contributed by atoms with Crippen LogP contribution in [-0.4, -0.2) is 47.3 Å². The van der Waals surface area contributed by atoms with Crippen molar-refractivity contribution in [2.75, 3.05) is 26.0 Å². The highest BCUT2D eigenvalue weighted by molar-refractivity contribution is 7.16. The summed E-state index contributed by atoms with van der Waals surface area (Å²) in [6.07, 6.45) is 2.38. The van der Waals surface area contributed by atoms with E-state index >= 15 is 0 Å². The van der Waals surface area contributed by atoms with Crippen LogP contribution < -0.4 is 5.73 Å². The van der Waals surface area contributed by atoms with Gasteiger partial charge >= 0.3 is 0 Å². The molecular formula is C11H18N4O2S. The first-order valence-corrected chi connectivity index (χ1v) is 6.84. The molecule has 7 heteroatoms. The van der Waals surface area contributed by atoms with Gasteiger partial charge in [0, 0.05) is 19.7 Å². The number of methoxy groups -OCH3 is 1. The average Bonchev–Trinajstić information content (AvgIpc) is 3.11. The lowest BCUT2D eigenvalue weighted by molar-refractivity contribution is 0.0593.